The van der Waals surface area contributed by atoms with Gasteiger partial charge in [0, 0.05) is 25.2 Å². The van der Waals surface area contributed by atoms with Gasteiger partial charge in [-0.2, -0.15) is 0 Å². The summed E-state index contributed by atoms with van der Waals surface area (Å²) in [5, 5.41) is 6.44. The predicted octanol–water partition coefficient (Wildman–Crippen LogP) is 2.74. The molecular formula is C21H32N4O2. The van der Waals surface area contributed by atoms with E-state index in [4.69, 9.17) is 5.73 Å². The Labute approximate surface area is 161 Å². The Morgan fingerprint density at radius 1 is 1.26 bits per heavy atom. The molecular weight excluding hydrogens is 340 g/mol. The van der Waals surface area contributed by atoms with Crippen molar-refractivity contribution in [1.82, 2.24) is 5.32 Å². The van der Waals surface area contributed by atoms with Crippen molar-refractivity contribution in [1.29, 1.82) is 0 Å². The van der Waals surface area contributed by atoms with Crippen molar-refractivity contribution in [3.05, 3.63) is 23.8 Å². The molecule has 2 unspecified atom stereocenters. The van der Waals surface area contributed by atoms with Crippen LogP contribution in [-0.4, -0.2) is 38.0 Å². The fraction of sp³-hybridized carbons (Fsp3) is 0.619. The number of anilines is 2. The Morgan fingerprint density at radius 3 is 2.70 bits per heavy atom. The van der Waals surface area contributed by atoms with Crippen LogP contribution in [-0.2, 0) is 4.79 Å². The number of nitrogens with zero attached hydrogens (tertiary/aromatic N) is 1. The van der Waals surface area contributed by atoms with Crippen LogP contribution in [0.25, 0.3) is 0 Å². The average Bonchev–Trinajstić information content (AvgIpc) is 2.69. The Balaban J connectivity index is 1.66. The fourth-order valence-corrected chi connectivity index (χ4v) is 4.25. The number of piperidine rings is 2. The lowest BCUT2D eigenvalue weighted by Gasteiger charge is -2.30. The van der Waals surface area contributed by atoms with E-state index < -0.39 is 5.91 Å². The second-order valence-electron chi connectivity index (χ2n) is 7.98. The lowest BCUT2D eigenvalue weighted by molar-refractivity contribution is -0.117. The number of amides is 2. The first-order valence-electron chi connectivity index (χ1n) is 10.2. The summed E-state index contributed by atoms with van der Waals surface area (Å²) in [6, 6.07) is 5.41. The number of nitrogens with one attached hydrogen (secondary N) is 2. The highest BCUT2D eigenvalue weighted by Gasteiger charge is 2.23. The summed E-state index contributed by atoms with van der Waals surface area (Å²) in [6.07, 6.45) is 6.33. The smallest absolute Gasteiger partial charge is 0.250 e. The van der Waals surface area contributed by atoms with E-state index in [1.807, 2.05) is 6.07 Å². The van der Waals surface area contributed by atoms with Crippen LogP contribution in [0.2, 0.25) is 0 Å². The maximum absolute atomic E-state index is 12.5. The largest absolute Gasteiger partial charge is 0.371 e. The number of carbonyl (C=O) groups excluding carboxylic acids is 2. The highest BCUT2D eigenvalue weighted by atomic mass is 16.2. The van der Waals surface area contributed by atoms with Crippen molar-refractivity contribution in [2.75, 3.05) is 36.4 Å². The number of hydrogen-bond acceptors (Lipinski definition) is 4. The second-order valence-corrected chi connectivity index (χ2v) is 7.98. The van der Waals surface area contributed by atoms with Gasteiger partial charge in [0.2, 0.25) is 5.91 Å². The van der Waals surface area contributed by atoms with Crippen LogP contribution in [0.1, 0.15) is 55.8 Å². The van der Waals surface area contributed by atoms with E-state index in [1.165, 1.54) is 19.3 Å². The van der Waals surface area contributed by atoms with Gasteiger partial charge >= 0.3 is 0 Å². The monoisotopic (exact) mass is 372 g/mol. The van der Waals surface area contributed by atoms with Gasteiger partial charge in [-0.1, -0.05) is 6.92 Å². The maximum Gasteiger partial charge on any atom is 0.250 e. The highest BCUT2D eigenvalue weighted by Crippen LogP contribution is 2.28. The summed E-state index contributed by atoms with van der Waals surface area (Å²) in [6.45, 7) is 6.08. The second kappa shape index (κ2) is 9.22. The molecule has 6 nitrogen and oxygen atoms in total. The van der Waals surface area contributed by atoms with Gasteiger partial charge in [0.25, 0.3) is 5.91 Å². The minimum absolute atomic E-state index is 0.0319. The molecule has 27 heavy (non-hydrogen) atoms. The van der Waals surface area contributed by atoms with Crippen molar-refractivity contribution >= 4 is 23.2 Å². The molecule has 1 aromatic rings. The van der Waals surface area contributed by atoms with E-state index in [0.717, 1.165) is 50.4 Å². The molecule has 2 aliphatic rings. The van der Waals surface area contributed by atoms with Gasteiger partial charge < -0.3 is 21.3 Å². The molecule has 2 saturated heterocycles. The summed E-state index contributed by atoms with van der Waals surface area (Å²) in [5.41, 5.74) is 7.66. The van der Waals surface area contributed by atoms with Crippen LogP contribution >= 0.6 is 0 Å². The molecule has 2 fully saturated rings. The van der Waals surface area contributed by atoms with Crippen molar-refractivity contribution in [2.45, 2.75) is 45.4 Å². The minimum atomic E-state index is -0.424. The molecule has 2 heterocycles. The normalized spacial score (nSPS) is 21.5. The molecule has 0 spiro atoms. The van der Waals surface area contributed by atoms with E-state index >= 15 is 0 Å². The molecule has 3 rings (SSSR count). The minimum Gasteiger partial charge on any atom is -0.371 e. The van der Waals surface area contributed by atoms with Crippen molar-refractivity contribution < 1.29 is 9.59 Å². The van der Waals surface area contributed by atoms with Crippen LogP contribution in [0, 0.1) is 11.8 Å². The molecule has 0 aliphatic carbocycles. The number of carbonyl (C=O) groups is 2. The summed E-state index contributed by atoms with van der Waals surface area (Å²) in [5.74, 6) is 0.520. The van der Waals surface area contributed by atoms with E-state index in [1.54, 1.807) is 12.1 Å². The lowest BCUT2D eigenvalue weighted by Crippen LogP contribution is -2.34. The standard InChI is InChI=1S/C21H32N4O2/c1-15(16-6-5-9-23-14-16)12-20(26)24-17-7-8-18(21(22)27)19(13-17)25-10-3-2-4-11-25/h7-8,13,15-16,23H,2-6,9-12,14H2,1H3,(H2,22,27)(H,24,26). The van der Waals surface area contributed by atoms with Crippen LogP contribution in [0.15, 0.2) is 18.2 Å². The van der Waals surface area contributed by atoms with E-state index in [9.17, 15) is 9.59 Å². The molecule has 0 aromatic heterocycles. The molecule has 2 amide bonds. The zero-order valence-corrected chi connectivity index (χ0v) is 16.3. The summed E-state index contributed by atoms with van der Waals surface area (Å²) >= 11 is 0. The Morgan fingerprint density at radius 2 is 2.04 bits per heavy atom. The average molecular weight is 373 g/mol. The topological polar surface area (TPSA) is 87.5 Å². The summed E-state index contributed by atoms with van der Waals surface area (Å²) in [7, 11) is 0. The lowest BCUT2D eigenvalue weighted by atomic mass is 9.85. The van der Waals surface area contributed by atoms with Crippen LogP contribution in [0.3, 0.4) is 0 Å². The first-order valence-corrected chi connectivity index (χ1v) is 10.2. The third-order valence-electron chi connectivity index (χ3n) is 5.89. The Hall–Kier alpha value is -2.08. The molecule has 0 radical (unpaired) electrons. The first-order chi connectivity index (χ1) is 13.0. The zero-order chi connectivity index (χ0) is 19.2. The van der Waals surface area contributed by atoms with Gasteiger partial charge in [0.1, 0.15) is 0 Å². The number of hydrogen-bond donors (Lipinski definition) is 3. The van der Waals surface area contributed by atoms with Gasteiger partial charge in [-0.25, -0.2) is 0 Å². The number of rotatable bonds is 6. The molecule has 0 saturated carbocycles. The quantitative estimate of drug-likeness (QED) is 0.716. The molecule has 6 heteroatoms. The van der Waals surface area contributed by atoms with Gasteiger partial charge in [0.05, 0.1) is 11.3 Å². The third kappa shape index (κ3) is 5.22. The van der Waals surface area contributed by atoms with Crippen LogP contribution in [0.5, 0.6) is 0 Å². The maximum atomic E-state index is 12.5. The van der Waals surface area contributed by atoms with Gasteiger partial charge in [-0.3, -0.25) is 9.59 Å². The molecule has 2 aliphatic heterocycles. The van der Waals surface area contributed by atoms with E-state index in [-0.39, 0.29) is 5.91 Å². The number of benzene rings is 1. The number of nitrogens with two attached hydrogens (primary N) is 1. The molecule has 0 bridgehead atoms. The number of primary amides is 1. The summed E-state index contributed by atoms with van der Waals surface area (Å²) in [4.78, 5) is 26.6. The highest BCUT2D eigenvalue weighted by molar-refractivity contribution is 6.00. The molecule has 2 atom stereocenters. The summed E-state index contributed by atoms with van der Waals surface area (Å²) < 4.78 is 0. The van der Waals surface area contributed by atoms with Gasteiger partial charge in [-0.05, 0) is 75.2 Å². The first kappa shape index (κ1) is 19.7. The van der Waals surface area contributed by atoms with Crippen LogP contribution in [0.4, 0.5) is 11.4 Å². The van der Waals surface area contributed by atoms with E-state index in [0.29, 0.717) is 23.8 Å². The van der Waals surface area contributed by atoms with E-state index in [2.05, 4.69) is 22.5 Å². The molecule has 148 valence electrons. The molecule has 1 aromatic carbocycles. The SMILES string of the molecule is CC(CC(=O)Nc1ccc(C(N)=O)c(N2CCCCC2)c1)C1CCCNC1. The predicted molar refractivity (Wildman–Crippen MR) is 109 cm³/mol. The van der Waals surface area contributed by atoms with Crippen molar-refractivity contribution in [2.24, 2.45) is 17.6 Å². The van der Waals surface area contributed by atoms with Gasteiger partial charge in [0.15, 0.2) is 0 Å². The van der Waals surface area contributed by atoms with Crippen LogP contribution < -0.4 is 21.3 Å². The van der Waals surface area contributed by atoms with Crippen molar-refractivity contribution in [3.63, 3.8) is 0 Å². The zero-order valence-electron chi connectivity index (χ0n) is 16.3. The fourth-order valence-electron chi connectivity index (χ4n) is 4.25. The Kier molecular flexibility index (Phi) is 6.72. The van der Waals surface area contributed by atoms with Gasteiger partial charge in [-0.15, -0.1) is 0 Å². The molecule has 4 N–H and O–H groups in total. The third-order valence-corrected chi connectivity index (χ3v) is 5.89. The Bertz CT molecular complexity index is 664. The van der Waals surface area contributed by atoms with Crippen molar-refractivity contribution in [3.8, 4) is 0 Å².